The molecule has 202 valence electrons. The van der Waals surface area contributed by atoms with E-state index < -0.39 is 41.7 Å². The second-order valence-electron chi connectivity index (χ2n) is 8.75. The quantitative estimate of drug-likeness (QED) is 0.280. The Morgan fingerprint density at radius 1 is 1.18 bits per heavy atom. The van der Waals surface area contributed by atoms with Gasteiger partial charge in [0.2, 0.25) is 5.91 Å². The van der Waals surface area contributed by atoms with Gasteiger partial charge >= 0.3 is 5.97 Å². The van der Waals surface area contributed by atoms with Gasteiger partial charge in [-0.15, -0.1) is 11.8 Å². The number of ketones is 1. The third-order valence-corrected chi connectivity index (χ3v) is 7.14. The van der Waals surface area contributed by atoms with Gasteiger partial charge in [-0.25, -0.2) is 4.98 Å². The summed E-state index contributed by atoms with van der Waals surface area (Å²) in [6.07, 6.45) is 4.21. The van der Waals surface area contributed by atoms with E-state index in [-0.39, 0.29) is 18.0 Å². The predicted molar refractivity (Wildman–Crippen MR) is 145 cm³/mol. The summed E-state index contributed by atoms with van der Waals surface area (Å²) in [5.41, 5.74) is 2.37. The molecule has 3 rings (SSSR count). The van der Waals surface area contributed by atoms with Gasteiger partial charge in [0.25, 0.3) is 5.56 Å². The van der Waals surface area contributed by atoms with E-state index in [1.165, 1.54) is 28.7 Å². The molecule has 2 aromatic heterocycles. The van der Waals surface area contributed by atoms with E-state index in [2.05, 4.69) is 20.7 Å². The first-order chi connectivity index (χ1) is 18.2. The Labute approximate surface area is 224 Å². The van der Waals surface area contributed by atoms with E-state index in [1.807, 2.05) is 44.3 Å². The molecule has 11 nitrogen and oxygen atoms in total. The number of rotatable bonds is 14. The van der Waals surface area contributed by atoms with Gasteiger partial charge in [0.1, 0.15) is 6.04 Å². The number of carbonyl (C=O) groups excluding carboxylic acids is 2. The van der Waals surface area contributed by atoms with Crippen LogP contribution in [0, 0.1) is 6.92 Å². The number of aryl methyl sites for hydroxylation is 1. The molecule has 3 N–H and O–H groups in total. The molecule has 2 atom stereocenters. The highest BCUT2D eigenvalue weighted by Crippen LogP contribution is 2.15. The second-order valence-corrected chi connectivity index (χ2v) is 9.73. The lowest BCUT2D eigenvalue weighted by Gasteiger charge is -2.22. The molecule has 0 aliphatic carbocycles. The van der Waals surface area contributed by atoms with Crippen molar-refractivity contribution in [2.45, 2.75) is 51.1 Å². The Morgan fingerprint density at radius 2 is 1.92 bits per heavy atom. The van der Waals surface area contributed by atoms with Crippen LogP contribution in [0.15, 0.2) is 53.7 Å². The van der Waals surface area contributed by atoms with Gasteiger partial charge in [0.05, 0.1) is 24.4 Å². The van der Waals surface area contributed by atoms with Crippen molar-refractivity contribution in [1.29, 1.82) is 0 Å². The fraction of sp³-hybridized carbons (Fsp3) is 0.385. The molecular formula is C26H32N6O5S. The monoisotopic (exact) mass is 540 g/mol. The smallest absolute Gasteiger partial charge is 0.305 e. The van der Waals surface area contributed by atoms with Gasteiger partial charge in [-0.1, -0.05) is 37.3 Å². The molecule has 1 aromatic carbocycles. The molecule has 0 aliphatic rings. The molecule has 0 spiro atoms. The van der Waals surface area contributed by atoms with Crippen LogP contribution < -0.4 is 16.2 Å². The number of anilines is 1. The number of nitrogens with zero attached hydrogens (tertiary/aromatic N) is 4. The maximum atomic E-state index is 13.2. The van der Waals surface area contributed by atoms with Crippen molar-refractivity contribution in [3.63, 3.8) is 0 Å². The van der Waals surface area contributed by atoms with Crippen LogP contribution >= 0.6 is 11.8 Å². The Balaban J connectivity index is 1.69. The molecule has 1 amide bonds. The van der Waals surface area contributed by atoms with Crippen molar-refractivity contribution in [2.24, 2.45) is 7.05 Å². The first-order valence-corrected chi connectivity index (χ1v) is 13.3. The maximum Gasteiger partial charge on any atom is 0.305 e. The fourth-order valence-corrected chi connectivity index (χ4v) is 4.76. The van der Waals surface area contributed by atoms with Crippen LogP contribution in [0.25, 0.3) is 0 Å². The van der Waals surface area contributed by atoms with E-state index in [4.69, 9.17) is 0 Å². The zero-order valence-electron chi connectivity index (χ0n) is 21.6. The number of amides is 1. The summed E-state index contributed by atoms with van der Waals surface area (Å²) in [4.78, 5) is 54.7. The Morgan fingerprint density at radius 3 is 2.55 bits per heavy atom. The summed E-state index contributed by atoms with van der Waals surface area (Å²) in [6.45, 7) is 3.96. The molecular weight excluding hydrogens is 508 g/mol. The SMILES string of the molecule is CCC(C(=O)N[C@@H](CC(=O)O)C(=O)CSCc1ccccc1)n1ccnc(NCc2cnn(C)c2C)c1=O. The number of nitrogens with one attached hydrogen (secondary N) is 2. The number of Topliss-reactive ketones (excluding diaryl/α,β-unsaturated/α-hetero) is 1. The van der Waals surface area contributed by atoms with Crippen LogP contribution in [0.3, 0.4) is 0 Å². The van der Waals surface area contributed by atoms with E-state index in [0.29, 0.717) is 12.3 Å². The molecule has 1 unspecified atom stereocenters. The summed E-state index contributed by atoms with van der Waals surface area (Å²) < 4.78 is 2.97. The highest BCUT2D eigenvalue weighted by atomic mass is 32.2. The number of hydrogen-bond donors (Lipinski definition) is 3. The lowest BCUT2D eigenvalue weighted by Crippen LogP contribution is -2.47. The third kappa shape index (κ3) is 7.54. The number of carboxylic acid groups (broad SMARTS) is 1. The van der Waals surface area contributed by atoms with Crippen molar-refractivity contribution < 1.29 is 19.5 Å². The topological polar surface area (TPSA) is 148 Å². The number of aromatic nitrogens is 4. The van der Waals surface area contributed by atoms with Crippen molar-refractivity contribution in [1.82, 2.24) is 24.6 Å². The number of carbonyl (C=O) groups is 3. The summed E-state index contributed by atoms with van der Waals surface area (Å²) in [6, 6.07) is 7.42. The minimum atomic E-state index is -1.21. The second kappa shape index (κ2) is 13.6. The molecule has 3 aromatic rings. The minimum absolute atomic E-state index is 0.0426. The summed E-state index contributed by atoms with van der Waals surface area (Å²) in [7, 11) is 1.82. The first kappa shape index (κ1) is 28.6. The summed E-state index contributed by atoms with van der Waals surface area (Å²) in [5, 5.41) is 19.1. The lowest BCUT2D eigenvalue weighted by atomic mass is 10.1. The number of aliphatic carboxylic acids is 1. The molecule has 12 heteroatoms. The highest BCUT2D eigenvalue weighted by molar-refractivity contribution is 7.99. The molecule has 0 fully saturated rings. The van der Waals surface area contributed by atoms with E-state index in [0.717, 1.165) is 16.8 Å². The van der Waals surface area contributed by atoms with Gasteiger partial charge in [-0.3, -0.25) is 28.4 Å². The zero-order valence-corrected chi connectivity index (χ0v) is 22.4. The summed E-state index contributed by atoms with van der Waals surface area (Å²) in [5.74, 6) is -1.52. The normalized spacial score (nSPS) is 12.5. The van der Waals surface area contributed by atoms with Crippen molar-refractivity contribution >= 4 is 35.2 Å². The predicted octanol–water partition coefficient (Wildman–Crippen LogP) is 2.31. The Kier molecular flexibility index (Phi) is 10.2. The van der Waals surface area contributed by atoms with Crippen LogP contribution in [0.1, 0.15) is 42.6 Å². The van der Waals surface area contributed by atoms with Crippen molar-refractivity contribution in [3.05, 3.63) is 76.1 Å². The van der Waals surface area contributed by atoms with E-state index >= 15 is 0 Å². The number of thioether (sulfide) groups is 1. The average Bonchev–Trinajstić information content (AvgIpc) is 3.21. The maximum absolute atomic E-state index is 13.2. The molecule has 2 heterocycles. The standard InChI is InChI=1S/C26H32N6O5S/c1-4-21(32-11-10-27-24(26(32)37)28-13-19-14-29-31(3)17(19)2)25(36)30-20(12-23(34)35)22(33)16-38-15-18-8-6-5-7-9-18/h5-11,14,20-21H,4,12-13,15-16H2,1-3H3,(H,27,28)(H,30,36)(H,34,35)/t20-,21?/m0/s1. The van der Waals surface area contributed by atoms with Crippen molar-refractivity contribution in [2.75, 3.05) is 11.1 Å². The van der Waals surface area contributed by atoms with Gasteiger partial charge in [-0.2, -0.15) is 5.10 Å². The van der Waals surface area contributed by atoms with Crippen LogP contribution in [-0.2, 0) is 33.7 Å². The highest BCUT2D eigenvalue weighted by Gasteiger charge is 2.28. The van der Waals surface area contributed by atoms with Crippen LogP contribution in [0.5, 0.6) is 0 Å². The third-order valence-electron chi connectivity index (χ3n) is 6.12. The van der Waals surface area contributed by atoms with Gasteiger partial charge < -0.3 is 15.7 Å². The van der Waals surface area contributed by atoms with Gasteiger partial charge in [0.15, 0.2) is 11.6 Å². The van der Waals surface area contributed by atoms with E-state index in [1.54, 1.807) is 17.8 Å². The molecule has 0 saturated heterocycles. The van der Waals surface area contributed by atoms with Crippen molar-refractivity contribution in [3.8, 4) is 0 Å². The minimum Gasteiger partial charge on any atom is -0.481 e. The fourth-order valence-electron chi connectivity index (χ4n) is 3.83. The molecule has 0 bridgehead atoms. The number of hydrogen-bond acceptors (Lipinski definition) is 8. The number of benzene rings is 1. The van der Waals surface area contributed by atoms with Gasteiger partial charge in [0, 0.05) is 43.0 Å². The van der Waals surface area contributed by atoms with Gasteiger partial charge in [-0.05, 0) is 18.9 Å². The summed E-state index contributed by atoms with van der Waals surface area (Å²) >= 11 is 1.35. The Hall–Kier alpha value is -3.93. The average molecular weight is 541 g/mol. The largest absolute Gasteiger partial charge is 0.481 e. The van der Waals surface area contributed by atoms with E-state index in [9.17, 15) is 24.3 Å². The lowest BCUT2D eigenvalue weighted by molar-refractivity contribution is -0.140. The number of carboxylic acids is 1. The zero-order chi connectivity index (χ0) is 27.7. The van der Waals surface area contributed by atoms with Crippen LogP contribution in [-0.4, -0.2) is 53.9 Å². The van der Waals surface area contributed by atoms with Crippen LogP contribution in [0.2, 0.25) is 0 Å². The first-order valence-electron chi connectivity index (χ1n) is 12.2. The molecule has 0 aliphatic heterocycles. The van der Waals surface area contributed by atoms with Crippen LogP contribution in [0.4, 0.5) is 5.82 Å². The molecule has 0 radical (unpaired) electrons. The molecule has 38 heavy (non-hydrogen) atoms. The Bertz CT molecular complexity index is 1320. The molecule has 0 saturated carbocycles.